The SMILES string of the molecule is [C-]#[N+]c1ccc(-c2c[n+]3c(c(-c4ccccc4)n2)-c2ccccc2C3)cc1. The highest BCUT2D eigenvalue weighted by Crippen LogP contribution is 2.35. The van der Waals surface area contributed by atoms with Crippen molar-refractivity contribution in [1.82, 2.24) is 4.98 Å². The van der Waals surface area contributed by atoms with Gasteiger partial charge in [0.05, 0.1) is 12.1 Å². The molecule has 0 unspecified atom stereocenters. The van der Waals surface area contributed by atoms with Gasteiger partial charge < -0.3 is 0 Å². The summed E-state index contributed by atoms with van der Waals surface area (Å²) < 4.78 is 2.29. The van der Waals surface area contributed by atoms with E-state index in [9.17, 15) is 0 Å². The minimum Gasteiger partial charge on any atom is -0.238 e. The van der Waals surface area contributed by atoms with Crippen LogP contribution in [0.5, 0.6) is 0 Å². The van der Waals surface area contributed by atoms with Gasteiger partial charge in [0, 0.05) is 16.7 Å². The molecular weight excluding hydrogens is 330 g/mol. The van der Waals surface area contributed by atoms with Gasteiger partial charge in [-0.25, -0.2) is 9.83 Å². The largest absolute Gasteiger partial charge is 0.239 e. The number of nitrogens with zero attached hydrogens (tertiary/aromatic N) is 3. The zero-order chi connectivity index (χ0) is 18.2. The Morgan fingerprint density at radius 1 is 0.815 bits per heavy atom. The van der Waals surface area contributed by atoms with Gasteiger partial charge in [0.2, 0.25) is 5.69 Å². The highest BCUT2D eigenvalue weighted by Gasteiger charge is 2.31. The molecule has 5 rings (SSSR count). The van der Waals surface area contributed by atoms with Gasteiger partial charge in [0.1, 0.15) is 11.4 Å². The van der Waals surface area contributed by atoms with E-state index < -0.39 is 0 Å². The lowest BCUT2D eigenvalue weighted by atomic mass is 10.0. The smallest absolute Gasteiger partial charge is 0.238 e. The zero-order valence-corrected chi connectivity index (χ0v) is 14.6. The first-order valence-corrected chi connectivity index (χ1v) is 8.89. The molecule has 1 aliphatic rings. The standard InChI is InChI=1S/C24H16N3/c1-25-20-13-11-17(12-14-20)22-16-27-15-19-9-5-6-10-21(19)24(27)23(26-22)18-7-3-2-4-8-18/h2-14,16H,15H2/q+1. The second-order valence-electron chi connectivity index (χ2n) is 6.63. The van der Waals surface area contributed by atoms with Crippen molar-refractivity contribution >= 4 is 5.69 Å². The summed E-state index contributed by atoms with van der Waals surface area (Å²) in [5.41, 5.74) is 8.41. The maximum Gasteiger partial charge on any atom is 0.239 e. The summed E-state index contributed by atoms with van der Waals surface area (Å²) in [4.78, 5) is 8.52. The average Bonchev–Trinajstić information content (AvgIpc) is 3.12. The van der Waals surface area contributed by atoms with Gasteiger partial charge >= 0.3 is 0 Å². The quantitative estimate of drug-likeness (QED) is 0.315. The molecule has 3 nitrogen and oxygen atoms in total. The Hall–Kier alpha value is -3.77. The van der Waals surface area contributed by atoms with Crippen LogP contribution in [0.1, 0.15) is 5.56 Å². The summed E-state index contributed by atoms with van der Waals surface area (Å²) in [5.74, 6) is 0. The van der Waals surface area contributed by atoms with Crippen LogP contribution in [0.4, 0.5) is 5.69 Å². The zero-order valence-electron chi connectivity index (χ0n) is 14.6. The van der Waals surface area contributed by atoms with Crippen LogP contribution in [0.25, 0.3) is 38.6 Å². The van der Waals surface area contributed by atoms with Crippen LogP contribution in [0.3, 0.4) is 0 Å². The molecule has 1 aromatic heterocycles. The molecule has 126 valence electrons. The fraction of sp³-hybridized carbons (Fsp3) is 0.0417. The van der Waals surface area contributed by atoms with Gasteiger partial charge in [-0.15, -0.1) is 0 Å². The summed E-state index contributed by atoms with van der Waals surface area (Å²) in [6.07, 6.45) is 2.12. The van der Waals surface area contributed by atoms with Crippen LogP contribution in [0.2, 0.25) is 0 Å². The summed E-state index contributed by atoms with van der Waals surface area (Å²) in [6.45, 7) is 7.99. The Morgan fingerprint density at radius 3 is 2.33 bits per heavy atom. The van der Waals surface area contributed by atoms with Crippen molar-refractivity contribution in [1.29, 1.82) is 0 Å². The summed E-state index contributed by atoms with van der Waals surface area (Å²) in [6, 6.07) is 26.5. The Bertz CT molecular complexity index is 1190. The second kappa shape index (κ2) is 6.19. The van der Waals surface area contributed by atoms with Crippen molar-refractivity contribution in [2.75, 3.05) is 0 Å². The van der Waals surface area contributed by atoms with Crippen LogP contribution in [0.15, 0.2) is 85.1 Å². The van der Waals surface area contributed by atoms with E-state index in [0.717, 1.165) is 29.1 Å². The Morgan fingerprint density at radius 2 is 1.56 bits per heavy atom. The van der Waals surface area contributed by atoms with Crippen molar-refractivity contribution in [3.63, 3.8) is 0 Å². The van der Waals surface area contributed by atoms with Crippen molar-refractivity contribution in [3.8, 4) is 33.8 Å². The topological polar surface area (TPSA) is 21.1 Å². The number of hydrogen-bond acceptors (Lipinski definition) is 1. The molecule has 3 aromatic carbocycles. The lowest BCUT2D eigenvalue weighted by Crippen LogP contribution is -2.33. The van der Waals surface area contributed by atoms with Crippen molar-refractivity contribution in [3.05, 3.63) is 102 Å². The normalized spacial score (nSPS) is 11.5. The van der Waals surface area contributed by atoms with E-state index in [1.807, 2.05) is 42.5 Å². The van der Waals surface area contributed by atoms with Crippen LogP contribution in [-0.4, -0.2) is 4.98 Å². The molecule has 0 amide bonds. The molecule has 0 N–H and O–H groups in total. The van der Waals surface area contributed by atoms with Gasteiger partial charge in [-0.05, 0) is 6.07 Å². The van der Waals surface area contributed by atoms with Crippen LogP contribution >= 0.6 is 0 Å². The first kappa shape index (κ1) is 15.5. The van der Waals surface area contributed by atoms with E-state index in [1.165, 1.54) is 16.8 Å². The van der Waals surface area contributed by atoms with Gasteiger partial charge in [0.15, 0.2) is 18.4 Å². The molecule has 0 bridgehead atoms. The second-order valence-corrected chi connectivity index (χ2v) is 6.63. The fourth-order valence-corrected chi connectivity index (χ4v) is 3.67. The highest BCUT2D eigenvalue weighted by atomic mass is 15.0. The number of aromatic nitrogens is 2. The predicted octanol–water partition coefficient (Wildman–Crippen LogP) is 5.28. The number of benzene rings is 3. The monoisotopic (exact) mass is 346 g/mol. The van der Waals surface area contributed by atoms with Crippen LogP contribution in [-0.2, 0) is 6.54 Å². The van der Waals surface area contributed by atoms with Crippen molar-refractivity contribution in [2.45, 2.75) is 6.54 Å². The first-order valence-electron chi connectivity index (χ1n) is 8.89. The molecule has 0 aliphatic carbocycles. The fourth-order valence-electron chi connectivity index (χ4n) is 3.67. The molecule has 0 saturated carbocycles. The molecule has 3 heteroatoms. The molecule has 4 aromatic rings. The van der Waals surface area contributed by atoms with Crippen LogP contribution < -0.4 is 4.57 Å². The number of fused-ring (bicyclic) bond motifs is 3. The molecule has 0 saturated heterocycles. The minimum absolute atomic E-state index is 0.642. The molecule has 0 radical (unpaired) electrons. The van der Waals surface area contributed by atoms with Gasteiger partial charge in [0.25, 0.3) is 0 Å². The number of hydrogen-bond donors (Lipinski definition) is 0. The first-order chi connectivity index (χ1) is 13.3. The molecule has 0 atom stereocenters. The van der Waals surface area contributed by atoms with E-state index in [0.29, 0.717) is 5.69 Å². The third-order valence-corrected chi connectivity index (χ3v) is 4.97. The Labute approximate surface area is 158 Å². The maximum absolute atomic E-state index is 7.15. The molecule has 0 spiro atoms. The van der Waals surface area contributed by atoms with Gasteiger partial charge in [-0.2, -0.15) is 4.57 Å². The molecule has 27 heavy (non-hydrogen) atoms. The molecule has 2 heterocycles. The number of rotatable bonds is 2. The van der Waals surface area contributed by atoms with E-state index in [2.05, 4.69) is 52.0 Å². The summed E-state index contributed by atoms with van der Waals surface area (Å²) in [5, 5.41) is 0. The highest BCUT2D eigenvalue weighted by molar-refractivity contribution is 5.80. The lowest BCUT2D eigenvalue weighted by Gasteiger charge is -2.07. The maximum atomic E-state index is 7.15. The van der Waals surface area contributed by atoms with E-state index in [4.69, 9.17) is 11.6 Å². The summed E-state index contributed by atoms with van der Waals surface area (Å²) >= 11 is 0. The van der Waals surface area contributed by atoms with Crippen molar-refractivity contribution < 1.29 is 4.57 Å². The Balaban J connectivity index is 1.75. The predicted molar refractivity (Wildman–Crippen MR) is 106 cm³/mol. The molecule has 0 fully saturated rings. The third-order valence-electron chi connectivity index (χ3n) is 4.97. The lowest BCUT2D eigenvalue weighted by molar-refractivity contribution is -0.671. The van der Waals surface area contributed by atoms with E-state index >= 15 is 0 Å². The van der Waals surface area contributed by atoms with Gasteiger partial charge in [-0.1, -0.05) is 72.8 Å². The minimum atomic E-state index is 0.642. The van der Waals surface area contributed by atoms with Crippen LogP contribution in [0, 0.1) is 6.57 Å². The van der Waals surface area contributed by atoms with Crippen molar-refractivity contribution in [2.24, 2.45) is 0 Å². The van der Waals surface area contributed by atoms with E-state index in [1.54, 1.807) is 0 Å². The Kier molecular flexibility index (Phi) is 3.55. The molecule has 1 aliphatic heterocycles. The summed E-state index contributed by atoms with van der Waals surface area (Å²) in [7, 11) is 0. The third kappa shape index (κ3) is 2.59. The molecular formula is C24H16N3+. The average molecular weight is 346 g/mol. The van der Waals surface area contributed by atoms with E-state index in [-0.39, 0.29) is 0 Å². The van der Waals surface area contributed by atoms with Gasteiger partial charge in [-0.3, -0.25) is 0 Å².